The third-order valence-electron chi connectivity index (χ3n) is 2.37. The lowest BCUT2D eigenvalue weighted by atomic mass is 10.1. The van der Waals surface area contributed by atoms with E-state index in [9.17, 15) is 9.90 Å². The highest BCUT2D eigenvalue weighted by atomic mass is 16.3. The van der Waals surface area contributed by atoms with Crippen molar-refractivity contribution >= 4 is 5.91 Å². The maximum absolute atomic E-state index is 11.3. The summed E-state index contributed by atoms with van der Waals surface area (Å²) in [4.78, 5) is 11.3. The van der Waals surface area contributed by atoms with Crippen molar-refractivity contribution in [2.45, 2.75) is 37.8 Å². The minimum Gasteiger partial charge on any atom is -0.393 e. The molecule has 5 heteroatoms. The van der Waals surface area contributed by atoms with Crippen LogP contribution in [0.4, 0.5) is 0 Å². The van der Waals surface area contributed by atoms with Crippen molar-refractivity contribution in [3.63, 3.8) is 0 Å². The Morgan fingerprint density at radius 3 is 2.73 bits per heavy atom. The van der Waals surface area contributed by atoms with Crippen LogP contribution in [0.15, 0.2) is 0 Å². The van der Waals surface area contributed by atoms with E-state index in [1.807, 2.05) is 0 Å². The molecular formula is C10H20N2O3. The number of hydrogen-bond donors (Lipinski definition) is 4. The molecule has 4 N–H and O–H groups in total. The zero-order valence-electron chi connectivity index (χ0n) is 9.12. The monoisotopic (exact) mass is 216 g/mol. The molecule has 0 aromatic carbocycles. The van der Waals surface area contributed by atoms with Crippen LogP contribution in [0.2, 0.25) is 0 Å². The third kappa shape index (κ3) is 5.71. The van der Waals surface area contributed by atoms with Gasteiger partial charge in [-0.15, -0.1) is 0 Å². The van der Waals surface area contributed by atoms with E-state index < -0.39 is 5.60 Å². The number of rotatable bonds is 7. The predicted octanol–water partition coefficient (Wildman–Crippen LogP) is -1.01. The van der Waals surface area contributed by atoms with Crippen molar-refractivity contribution in [2.75, 3.05) is 19.7 Å². The van der Waals surface area contributed by atoms with Gasteiger partial charge in [-0.1, -0.05) is 0 Å². The number of aliphatic hydroxyl groups excluding tert-OH is 1. The first-order chi connectivity index (χ1) is 7.03. The molecule has 88 valence electrons. The Morgan fingerprint density at radius 2 is 2.20 bits per heavy atom. The number of carbonyl (C=O) groups excluding carboxylic acids is 1. The molecule has 15 heavy (non-hydrogen) atoms. The largest absolute Gasteiger partial charge is 0.393 e. The molecule has 0 radical (unpaired) electrons. The molecular weight excluding hydrogens is 196 g/mol. The number of hydrogen-bond acceptors (Lipinski definition) is 4. The van der Waals surface area contributed by atoms with E-state index in [0.717, 1.165) is 0 Å². The second kappa shape index (κ2) is 5.44. The second-order valence-corrected chi connectivity index (χ2v) is 4.41. The summed E-state index contributed by atoms with van der Waals surface area (Å²) >= 11 is 0. The van der Waals surface area contributed by atoms with Crippen LogP contribution in [0, 0.1) is 0 Å². The van der Waals surface area contributed by atoms with Gasteiger partial charge in [0, 0.05) is 25.6 Å². The van der Waals surface area contributed by atoms with E-state index in [1.165, 1.54) is 19.8 Å². The van der Waals surface area contributed by atoms with E-state index in [1.54, 1.807) is 0 Å². The Morgan fingerprint density at radius 1 is 1.53 bits per heavy atom. The summed E-state index contributed by atoms with van der Waals surface area (Å²) in [5.41, 5.74) is -1.22. The van der Waals surface area contributed by atoms with Crippen molar-refractivity contribution in [3.8, 4) is 0 Å². The fraction of sp³-hybridized carbons (Fsp3) is 0.900. The second-order valence-electron chi connectivity index (χ2n) is 4.41. The average molecular weight is 216 g/mol. The van der Waals surface area contributed by atoms with Gasteiger partial charge >= 0.3 is 0 Å². The van der Waals surface area contributed by atoms with Crippen LogP contribution >= 0.6 is 0 Å². The molecule has 1 amide bonds. The van der Waals surface area contributed by atoms with E-state index in [-0.39, 0.29) is 19.1 Å². The molecule has 0 aliphatic heterocycles. The van der Waals surface area contributed by atoms with Gasteiger partial charge in [0.2, 0.25) is 5.91 Å². The number of amides is 1. The van der Waals surface area contributed by atoms with Gasteiger partial charge < -0.3 is 20.8 Å². The van der Waals surface area contributed by atoms with Gasteiger partial charge in [-0.05, 0) is 19.8 Å². The quantitative estimate of drug-likeness (QED) is 0.439. The Bertz CT molecular complexity index is 215. The van der Waals surface area contributed by atoms with Crippen LogP contribution in [0.25, 0.3) is 0 Å². The van der Waals surface area contributed by atoms with Gasteiger partial charge in [0.15, 0.2) is 0 Å². The first-order valence-electron chi connectivity index (χ1n) is 5.37. The van der Waals surface area contributed by atoms with Crippen molar-refractivity contribution in [1.82, 2.24) is 10.6 Å². The smallest absolute Gasteiger partial charge is 0.221 e. The van der Waals surface area contributed by atoms with Crippen LogP contribution in [-0.2, 0) is 4.79 Å². The molecule has 1 rings (SSSR count). The van der Waals surface area contributed by atoms with Gasteiger partial charge in [-0.25, -0.2) is 0 Å². The number of carbonyl (C=O) groups is 1. The summed E-state index contributed by atoms with van der Waals surface area (Å²) in [6, 6.07) is 0.610. The van der Waals surface area contributed by atoms with Crippen LogP contribution in [0.1, 0.15) is 26.2 Å². The normalized spacial score (nSPS) is 19.7. The zero-order valence-corrected chi connectivity index (χ0v) is 9.12. The summed E-state index contributed by atoms with van der Waals surface area (Å²) < 4.78 is 0. The van der Waals surface area contributed by atoms with E-state index in [2.05, 4.69) is 10.6 Å². The molecule has 1 atom stereocenters. The minimum atomic E-state index is -1.22. The Kier molecular flexibility index (Phi) is 4.50. The minimum absolute atomic E-state index is 0.0890. The zero-order chi connectivity index (χ0) is 11.3. The molecule has 0 aromatic rings. The lowest BCUT2D eigenvalue weighted by Crippen LogP contribution is -2.43. The summed E-state index contributed by atoms with van der Waals surface area (Å²) in [7, 11) is 0. The van der Waals surface area contributed by atoms with Gasteiger partial charge in [0.25, 0.3) is 0 Å². The first kappa shape index (κ1) is 12.4. The number of nitrogens with one attached hydrogen (secondary N) is 2. The SMILES string of the molecule is CC(O)(CO)CNC(=O)CCNC1CC1. The van der Waals surface area contributed by atoms with Crippen molar-refractivity contribution in [1.29, 1.82) is 0 Å². The molecule has 0 aromatic heterocycles. The van der Waals surface area contributed by atoms with Crippen LogP contribution in [-0.4, -0.2) is 47.5 Å². The molecule has 0 saturated heterocycles. The fourth-order valence-electron chi connectivity index (χ4n) is 1.11. The lowest BCUT2D eigenvalue weighted by Gasteiger charge is -2.20. The molecule has 1 fully saturated rings. The van der Waals surface area contributed by atoms with Crippen LogP contribution < -0.4 is 10.6 Å². The van der Waals surface area contributed by atoms with E-state index in [0.29, 0.717) is 19.0 Å². The van der Waals surface area contributed by atoms with Crippen molar-refractivity contribution in [3.05, 3.63) is 0 Å². The highest BCUT2D eigenvalue weighted by Gasteiger charge is 2.21. The topological polar surface area (TPSA) is 81.6 Å². The Hall–Kier alpha value is -0.650. The molecule has 5 nitrogen and oxygen atoms in total. The maximum atomic E-state index is 11.3. The molecule has 1 unspecified atom stereocenters. The average Bonchev–Trinajstić information content (AvgIpc) is 2.99. The van der Waals surface area contributed by atoms with Crippen molar-refractivity contribution in [2.24, 2.45) is 0 Å². The summed E-state index contributed by atoms with van der Waals surface area (Å²) in [6.07, 6.45) is 2.83. The van der Waals surface area contributed by atoms with Crippen molar-refractivity contribution < 1.29 is 15.0 Å². The van der Waals surface area contributed by atoms with Crippen LogP contribution in [0.5, 0.6) is 0 Å². The Labute approximate surface area is 89.9 Å². The van der Waals surface area contributed by atoms with Gasteiger partial charge in [0.1, 0.15) is 5.60 Å². The molecule has 1 aliphatic carbocycles. The maximum Gasteiger partial charge on any atom is 0.221 e. The fourth-order valence-corrected chi connectivity index (χ4v) is 1.11. The summed E-state index contributed by atoms with van der Waals surface area (Å²) in [5, 5.41) is 24.0. The Balaban J connectivity index is 2.01. The van der Waals surface area contributed by atoms with Gasteiger partial charge in [-0.3, -0.25) is 4.79 Å². The van der Waals surface area contributed by atoms with Gasteiger partial charge in [0.05, 0.1) is 6.61 Å². The standard InChI is InChI=1S/C10H20N2O3/c1-10(15,7-13)6-12-9(14)4-5-11-8-2-3-8/h8,11,13,15H,2-7H2,1H3,(H,12,14). The third-order valence-corrected chi connectivity index (χ3v) is 2.37. The highest BCUT2D eigenvalue weighted by molar-refractivity contribution is 5.76. The van der Waals surface area contributed by atoms with Gasteiger partial charge in [-0.2, -0.15) is 0 Å². The molecule has 1 saturated carbocycles. The molecule has 0 heterocycles. The lowest BCUT2D eigenvalue weighted by molar-refractivity contribution is -0.122. The highest BCUT2D eigenvalue weighted by Crippen LogP contribution is 2.18. The molecule has 1 aliphatic rings. The molecule has 0 bridgehead atoms. The summed E-state index contributed by atoms with van der Waals surface area (Å²) in [6.45, 7) is 1.90. The number of aliphatic hydroxyl groups is 2. The van der Waals surface area contributed by atoms with E-state index >= 15 is 0 Å². The first-order valence-corrected chi connectivity index (χ1v) is 5.37. The predicted molar refractivity (Wildman–Crippen MR) is 56.4 cm³/mol. The van der Waals surface area contributed by atoms with Crippen LogP contribution in [0.3, 0.4) is 0 Å². The summed E-state index contributed by atoms with van der Waals surface area (Å²) in [5.74, 6) is -0.100. The molecule has 0 spiro atoms. The van der Waals surface area contributed by atoms with E-state index in [4.69, 9.17) is 5.11 Å².